The van der Waals surface area contributed by atoms with Gasteiger partial charge in [0.15, 0.2) is 0 Å². The van der Waals surface area contributed by atoms with E-state index < -0.39 is 0 Å². The van der Waals surface area contributed by atoms with Crippen molar-refractivity contribution in [1.82, 2.24) is 30.0 Å². The van der Waals surface area contributed by atoms with Gasteiger partial charge in [-0.1, -0.05) is 37.5 Å². The van der Waals surface area contributed by atoms with E-state index in [1.54, 1.807) is 12.4 Å². The van der Waals surface area contributed by atoms with Crippen molar-refractivity contribution in [1.29, 1.82) is 0 Å². The summed E-state index contributed by atoms with van der Waals surface area (Å²) in [6.45, 7) is 13.2. The van der Waals surface area contributed by atoms with Crippen molar-refractivity contribution in [3.05, 3.63) is 102 Å². The van der Waals surface area contributed by atoms with Crippen molar-refractivity contribution in [3.63, 3.8) is 0 Å². The summed E-state index contributed by atoms with van der Waals surface area (Å²) in [5, 5.41) is 10.8. The van der Waals surface area contributed by atoms with Crippen molar-refractivity contribution in [2.24, 2.45) is 0 Å². The number of hydrogen-bond acceptors (Lipinski definition) is 4. The minimum atomic E-state index is 0.806. The van der Waals surface area contributed by atoms with Crippen LogP contribution in [0.25, 0.3) is 45.7 Å². The third kappa shape index (κ3) is 5.19. The molecule has 0 spiro atoms. The number of aromatic nitrogens is 5. The highest BCUT2D eigenvalue weighted by molar-refractivity contribution is 5.95. The molecular formula is C30H32N6. The summed E-state index contributed by atoms with van der Waals surface area (Å²) in [5.74, 6) is 0. The molecule has 0 saturated heterocycles. The Kier molecular flexibility index (Phi) is 7.56. The molecule has 0 unspecified atom stereocenters. The van der Waals surface area contributed by atoms with Crippen LogP contribution in [0.15, 0.2) is 91.0 Å². The summed E-state index contributed by atoms with van der Waals surface area (Å²) >= 11 is 0. The van der Waals surface area contributed by atoms with E-state index in [0.29, 0.717) is 0 Å². The van der Waals surface area contributed by atoms with Crippen molar-refractivity contribution in [3.8, 4) is 22.5 Å². The minimum absolute atomic E-state index is 0.806. The van der Waals surface area contributed by atoms with Gasteiger partial charge in [-0.25, -0.2) is 4.98 Å². The molecule has 0 radical (unpaired) electrons. The molecule has 182 valence electrons. The molecule has 2 N–H and O–H groups in total. The van der Waals surface area contributed by atoms with E-state index in [1.165, 1.54) is 0 Å². The van der Waals surface area contributed by atoms with Crippen LogP contribution in [0.4, 0.5) is 0 Å². The fraction of sp³-hybridized carbons (Fsp3) is 0.167. The van der Waals surface area contributed by atoms with Crippen LogP contribution >= 0.6 is 0 Å². The van der Waals surface area contributed by atoms with Gasteiger partial charge in [0.25, 0.3) is 0 Å². The van der Waals surface area contributed by atoms with Crippen LogP contribution in [0.2, 0.25) is 0 Å². The lowest BCUT2D eigenvalue weighted by Gasteiger charge is -2.11. The monoisotopic (exact) mass is 476 g/mol. The Balaban J connectivity index is 1.81. The maximum Gasteiger partial charge on any atom is 0.138 e. The highest BCUT2D eigenvalue weighted by Crippen LogP contribution is 2.29. The average molecular weight is 477 g/mol. The lowest BCUT2D eigenvalue weighted by atomic mass is 10.0. The maximum atomic E-state index is 4.65. The van der Waals surface area contributed by atoms with Gasteiger partial charge in [-0.05, 0) is 86.1 Å². The smallest absolute Gasteiger partial charge is 0.138 e. The van der Waals surface area contributed by atoms with Gasteiger partial charge >= 0.3 is 0 Å². The molecule has 6 nitrogen and oxygen atoms in total. The summed E-state index contributed by atoms with van der Waals surface area (Å²) in [6, 6.07) is 8.14. The van der Waals surface area contributed by atoms with E-state index in [-0.39, 0.29) is 0 Å². The van der Waals surface area contributed by atoms with E-state index in [2.05, 4.69) is 67.5 Å². The minimum Gasteiger partial charge on any atom is -0.338 e. The Bertz CT molecular complexity index is 1580. The summed E-state index contributed by atoms with van der Waals surface area (Å²) < 4.78 is 0. The fourth-order valence-corrected chi connectivity index (χ4v) is 4.23. The largest absolute Gasteiger partial charge is 0.338 e. The predicted octanol–water partition coefficient (Wildman–Crippen LogP) is 4.77. The fourth-order valence-electron chi connectivity index (χ4n) is 4.23. The lowest BCUT2D eigenvalue weighted by molar-refractivity contribution is 0.449. The molecule has 0 bridgehead atoms. The highest BCUT2D eigenvalue weighted by Gasteiger charge is 2.13. The number of fused-ring (bicyclic) bond motifs is 1. The maximum absolute atomic E-state index is 4.65. The molecule has 4 aromatic heterocycles. The Morgan fingerprint density at radius 3 is 2.56 bits per heavy atom. The van der Waals surface area contributed by atoms with Gasteiger partial charge in [0.05, 0.1) is 11.0 Å². The second kappa shape index (κ2) is 11.0. The molecule has 4 rings (SSSR count). The molecular weight excluding hydrogens is 444 g/mol. The number of likely N-dealkylation sites (N-methyl/N-ethyl adjacent to an activating group) is 1. The number of nitrogens with one attached hydrogen (secondary N) is 2. The van der Waals surface area contributed by atoms with E-state index in [4.69, 9.17) is 0 Å². The molecule has 0 aromatic carbocycles. The van der Waals surface area contributed by atoms with Gasteiger partial charge in [-0.15, -0.1) is 0 Å². The van der Waals surface area contributed by atoms with Crippen LogP contribution in [0, 0.1) is 0 Å². The number of rotatable bonds is 8. The van der Waals surface area contributed by atoms with E-state index in [1.807, 2.05) is 64.5 Å². The van der Waals surface area contributed by atoms with Gasteiger partial charge in [-0.2, -0.15) is 5.10 Å². The second-order valence-electron chi connectivity index (χ2n) is 8.80. The summed E-state index contributed by atoms with van der Waals surface area (Å²) in [4.78, 5) is 14.3. The Labute approximate surface area is 211 Å². The summed E-state index contributed by atoms with van der Waals surface area (Å²) in [5.41, 5.74) is 7.77. The third-order valence-corrected chi connectivity index (χ3v) is 6.00. The van der Waals surface area contributed by atoms with Gasteiger partial charge in [0.2, 0.25) is 0 Å². The predicted molar refractivity (Wildman–Crippen MR) is 150 cm³/mol. The zero-order valence-corrected chi connectivity index (χ0v) is 21.3. The van der Waals surface area contributed by atoms with E-state index in [0.717, 1.165) is 67.4 Å². The first-order chi connectivity index (χ1) is 17.4. The van der Waals surface area contributed by atoms with Crippen molar-refractivity contribution < 1.29 is 0 Å². The average Bonchev–Trinajstić information content (AvgIpc) is 3.50. The highest BCUT2D eigenvalue weighted by atomic mass is 15.1. The molecule has 0 aliphatic heterocycles. The molecule has 4 heterocycles. The topological polar surface area (TPSA) is 73.5 Å². The number of H-pyrrole nitrogens is 2. The van der Waals surface area contributed by atoms with Crippen LogP contribution in [0.1, 0.15) is 13.8 Å². The van der Waals surface area contributed by atoms with E-state index in [9.17, 15) is 0 Å². The molecule has 0 aliphatic rings. The van der Waals surface area contributed by atoms with Crippen LogP contribution in [0.3, 0.4) is 0 Å². The first-order valence-electron chi connectivity index (χ1n) is 11.9. The standard InChI is InChI=1S/C30H32N6/c1-7-21(19-36(5)6)17-22(8-2)20(4)16-26-27(9-3)34-35-29(26)28-18-25-24(12-15-32-30(25)33-28)23-10-13-31-14-11-23/h7-18,34H,1,4,19H2,2-3,5-6H3,(H,32,33)/b21-17+,22-8+,26-16+,27-9+. The van der Waals surface area contributed by atoms with Crippen molar-refractivity contribution in [2.45, 2.75) is 13.8 Å². The number of hydrogen-bond donors (Lipinski definition) is 2. The normalized spacial score (nSPS) is 13.7. The summed E-state index contributed by atoms with van der Waals surface area (Å²) in [6.07, 6.45) is 15.6. The van der Waals surface area contributed by atoms with Crippen molar-refractivity contribution in [2.75, 3.05) is 20.6 Å². The molecule has 36 heavy (non-hydrogen) atoms. The first-order valence-corrected chi connectivity index (χ1v) is 11.9. The first kappa shape index (κ1) is 24.8. The van der Waals surface area contributed by atoms with Crippen LogP contribution in [0.5, 0.6) is 0 Å². The summed E-state index contributed by atoms with van der Waals surface area (Å²) in [7, 11) is 4.09. The molecule has 0 aliphatic carbocycles. The zero-order valence-electron chi connectivity index (χ0n) is 21.3. The zero-order chi connectivity index (χ0) is 25.7. The van der Waals surface area contributed by atoms with Gasteiger partial charge in [-0.3, -0.25) is 10.1 Å². The quantitative estimate of drug-likeness (QED) is 0.359. The lowest BCUT2D eigenvalue weighted by Crippen LogP contribution is -2.23. The van der Waals surface area contributed by atoms with Crippen LogP contribution in [-0.4, -0.2) is 50.7 Å². The Morgan fingerprint density at radius 2 is 1.89 bits per heavy atom. The third-order valence-electron chi connectivity index (χ3n) is 6.00. The second-order valence-corrected chi connectivity index (χ2v) is 8.80. The molecule has 0 amide bonds. The van der Waals surface area contributed by atoms with Gasteiger partial charge in [0, 0.05) is 35.7 Å². The van der Waals surface area contributed by atoms with Crippen LogP contribution < -0.4 is 10.6 Å². The molecule has 4 aromatic rings. The van der Waals surface area contributed by atoms with E-state index >= 15 is 0 Å². The van der Waals surface area contributed by atoms with Gasteiger partial charge in [0.1, 0.15) is 11.3 Å². The van der Waals surface area contributed by atoms with Crippen LogP contribution in [-0.2, 0) is 0 Å². The Morgan fingerprint density at radius 1 is 1.11 bits per heavy atom. The molecule has 0 atom stereocenters. The molecule has 0 fully saturated rings. The van der Waals surface area contributed by atoms with Crippen molar-refractivity contribution >= 4 is 23.2 Å². The molecule has 6 heteroatoms. The number of aromatic amines is 2. The Hall–Kier alpha value is -4.29. The number of pyridine rings is 2. The van der Waals surface area contributed by atoms with Gasteiger partial charge < -0.3 is 9.88 Å². The molecule has 0 saturated carbocycles. The number of nitrogens with zero attached hydrogens (tertiary/aromatic N) is 4. The number of allylic oxidation sites excluding steroid dienone is 4. The SMILES string of the molecule is C=C/C(=C\C(=C/C)C(=C)/C=c1/c(-c2cc3c(-c4ccncc4)ccnc3[nH]2)n[nH]/c1=C/C)CN(C)C.